The minimum Gasteiger partial charge on any atom is -0.481 e. The Kier molecular flexibility index (Phi) is 12.9. The number of carboxylic acids is 4. The van der Waals surface area contributed by atoms with Crippen molar-refractivity contribution in [1.29, 1.82) is 0 Å². The minimum atomic E-state index is -1.22. The maximum absolute atomic E-state index is 10.6. The predicted octanol–water partition coefficient (Wildman–Crippen LogP) is -1.34. The highest BCUT2D eigenvalue weighted by molar-refractivity contribution is 5.80. The van der Waals surface area contributed by atoms with Crippen LogP contribution in [0.5, 0.6) is 0 Å². The molecule has 0 aromatic rings. The highest BCUT2D eigenvalue weighted by Gasteiger charge is 2.19. The average Bonchev–Trinajstić information content (AvgIpc) is 2.30. The molecule has 0 saturated heterocycles. The molecule has 0 saturated carbocycles. The third-order valence-electron chi connectivity index (χ3n) is 1.88. The molecule has 0 radical (unpaired) electrons. The van der Waals surface area contributed by atoms with Crippen molar-refractivity contribution in [3.63, 3.8) is 0 Å². The van der Waals surface area contributed by atoms with Crippen LogP contribution in [-0.4, -0.2) is 70.0 Å². The molecule has 0 aromatic carbocycles. The number of carbonyl (C=O) groups is 4. The van der Waals surface area contributed by atoms with Crippen molar-refractivity contribution in [3.05, 3.63) is 0 Å². The summed E-state index contributed by atoms with van der Waals surface area (Å²) in [5.74, 6) is -4.17. The quantitative estimate of drug-likeness (QED) is 0.265. The van der Waals surface area contributed by atoms with Gasteiger partial charge in [-0.05, 0) is 0 Å². The molecule has 1 unspecified atom stereocenters. The first kappa shape index (κ1) is 21.1. The van der Waals surface area contributed by atoms with Crippen LogP contribution < -0.4 is 10.6 Å². The number of rotatable bonds is 10. The maximum atomic E-state index is 10.6. The zero-order valence-corrected chi connectivity index (χ0v) is 11.5. The second-order valence-electron chi connectivity index (χ2n) is 3.86. The predicted molar refractivity (Wildman–Crippen MR) is 70.1 cm³/mol. The van der Waals surface area contributed by atoms with Gasteiger partial charge in [-0.2, -0.15) is 0 Å². The number of carboxylic acid groups (broad SMARTS) is 4. The fourth-order valence-corrected chi connectivity index (χ4v) is 1.08. The third-order valence-corrected chi connectivity index (χ3v) is 1.88. The van der Waals surface area contributed by atoms with Crippen LogP contribution in [0.25, 0.3) is 0 Å². The lowest BCUT2D eigenvalue weighted by atomic mass is 10.2. The Morgan fingerprint density at radius 1 is 0.905 bits per heavy atom. The van der Waals surface area contributed by atoms with E-state index in [-0.39, 0.29) is 19.5 Å². The molecular formula is C11H20N2O8. The molecule has 0 bridgehead atoms. The highest BCUT2D eigenvalue weighted by Crippen LogP contribution is 1.91. The van der Waals surface area contributed by atoms with E-state index in [1.54, 1.807) is 0 Å². The zero-order chi connectivity index (χ0) is 16.8. The van der Waals surface area contributed by atoms with Crippen molar-refractivity contribution in [2.75, 3.05) is 19.6 Å². The lowest BCUT2D eigenvalue weighted by molar-refractivity contribution is -0.145. The molecule has 0 aromatic heterocycles. The van der Waals surface area contributed by atoms with Crippen LogP contribution in [0.3, 0.4) is 0 Å². The van der Waals surface area contributed by atoms with Crippen molar-refractivity contribution in [2.24, 2.45) is 0 Å². The lowest BCUT2D eigenvalue weighted by Crippen LogP contribution is -2.41. The molecule has 1 atom stereocenters. The van der Waals surface area contributed by atoms with Gasteiger partial charge in [0.05, 0.1) is 12.8 Å². The molecular weight excluding hydrogens is 288 g/mol. The normalized spacial score (nSPS) is 10.9. The van der Waals surface area contributed by atoms with E-state index in [1.807, 2.05) is 0 Å². The molecule has 21 heavy (non-hydrogen) atoms. The first-order valence-electron chi connectivity index (χ1n) is 5.96. The summed E-state index contributed by atoms with van der Waals surface area (Å²) < 4.78 is 0. The van der Waals surface area contributed by atoms with E-state index in [9.17, 15) is 14.4 Å². The van der Waals surface area contributed by atoms with Gasteiger partial charge in [-0.15, -0.1) is 0 Å². The lowest BCUT2D eigenvalue weighted by Gasteiger charge is -2.12. The monoisotopic (exact) mass is 308 g/mol. The summed E-state index contributed by atoms with van der Waals surface area (Å²) in [6.07, 6.45) is -0.512. The van der Waals surface area contributed by atoms with Crippen LogP contribution in [0.15, 0.2) is 0 Å². The first-order valence-corrected chi connectivity index (χ1v) is 5.96. The molecule has 0 fully saturated rings. The van der Waals surface area contributed by atoms with Gasteiger partial charge in [0.2, 0.25) is 0 Å². The van der Waals surface area contributed by atoms with Crippen molar-refractivity contribution >= 4 is 23.9 Å². The van der Waals surface area contributed by atoms with Crippen LogP contribution in [-0.2, 0) is 19.2 Å². The summed E-state index contributed by atoms with van der Waals surface area (Å²) in [4.78, 5) is 40.1. The van der Waals surface area contributed by atoms with E-state index >= 15 is 0 Å². The van der Waals surface area contributed by atoms with E-state index in [0.29, 0.717) is 6.54 Å². The van der Waals surface area contributed by atoms with Crippen LogP contribution in [0, 0.1) is 0 Å². The van der Waals surface area contributed by atoms with E-state index in [2.05, 4.69) is 10.6 Å². The zero-order valence-electron chi connectivity index (χ0n) is 11.5. The van der Waals surface area contributed by atoms with Gasteiger partial charge in [-0.1, -0.05) is 0 Å². The van der Waals surface area contributed by atoms with Gasteiger partial charge < -0.3 is 31.1 Å². The number of hydrogen-bond acceptors (Lipinski definition) is 6. The second kappa shape index (κ2) is 12.8. The molecule has 0 rings (SSSR count). The summed E-state index contributed by atoms with van der Waals surface area (Å²) in [5, 5.41) is 38.2. The standard InChI is InChI=1S/C9H16N2O6.C2H4O2/c12-7(13)1-2-10-3-4-11-6(9(16)17)5-8(14)15;1-2(3)4/h6,10-11H,1-5H2,(H,12,13)(H,14,15)(H,16,17);1H3,(H,3,4). The SMILES string of the molecule is CC(=O)O.O=C(O)CCNCCNC(CC(=O)O)C(=O)O. The van der Waals surface area contributed by atoms with Gasteiger partial charge in [-0.25, -0.2) is 0 Å². The molecule has 0 aliphatic heterocycles. The largest absolute Gasteiger partial charge is 0.481 e. The van der Waals surface area contributed by atoms with Gasteiger partial charge in [0.15, 0.2) is 0 Å². The molecule has 10 nitrogen and oxygen atoms in total. The molecule has 10 heteroatoms. The third kappa shape index (κ3) is 20.3. The fraction of sp³-hybridized carbons (Fsp3) is 0.636. The van der Waals surface area contributed by atoms with Gasteiger partial charge in [0.1, 0.15) is 6.04 Å². The summed E-state index contributed by atoms with van der Waals surface area (Å²) in [5.41, 5.74) is 0. The van der Waals surface area contributed by atoms with Crippen molar-refractivity contribution in [1.82, 2.24) is 10.6 Å². The smallest absolute Gasteiger partial charge is 0.321 e. The highest BCUT2D eigenvalue weighted by atomic mass is 16.4. The Hall–Kier alpha value is -2.20. The molecule has 0 amide bonds. The van der Waals surface area contributed by atoms with Crippen molar-refractivity contribution in [2.45, 2.75) is 25.8 Å². The first-order chi connectivity index (χ1) is 9.66. The van der Waals surface area contributed by atoms with Gasteiger partial charge >= 0.3 is 17.9 Å². The van der Waals surface area contributed by atoms with E-state index < -0.39 is 36.3 Å². The van der Waals surface area contributed by atoms with Crippen molar-refractivity contribution in [3.8, 4) is 0 Å². The summed E-state index contributed by atoms with van der Waals surface area (Å²) in [6, 6.07) is -1.13. The molecule has 0 aliphatic carbocycles. The number of aliphatic carboxylic acids is 4. The number of nitrogens with one attached hydrogen (secondary N) is 2. The molecule has 0 aliphatic rings. The van der Waals surface area contributed by atoms with E-state index in [4.69, 9.17) is 25.2 Å². The van der Waals surface area contributed by atoms with Crippen molar-refractivity contribution < 1.29 is 39.6 Å². The second-order valence-corrected chi connectivity index (χ2v) is 3.86. The summed E-state index contributed by atoms with van der Waals surface area (Å²) >= 11 is 0. The van der Waals surface area contributed by atoms with Crippen LogP contribution in [0.4, 0.5) is 0 Å². The van der Waals surface area contributed by atoms with Gasteiger partial charge in [0, 0.05) is 26.6 Å². The molecule has 6 N–H and O–H groups in total. The summed E-state index contributed by atoms with van der Waals surface area (Å²) in [6.45, 7) is 1.99. The van der Waals surface area contributed by atoms with E-state index in [1.165, 1.54) is 0 Å². The van der Waals surface area contributed by atoms with Crippen LogP contribution in [0.1, 0.15) is 19.8 Å². The Morgan fingerprint density at radius 2 is 1.43 bits per heavy atom. The van der Waals surface area contributed by atoms with Gasteiger partial charge in [0.25, 0.3) is 5.97 Å². The topological polar surface area (TPSA) is 173 Å². The minimum absolute atomic E-state index is 0.0164. The maximum Gasteiger partial charge on any atom is 0.321 e. The Bertz CT molecular complexity index is 354. The Balaban J connectivity index is 0. The van der Waals surface area contributed by atoms with Crippen LogP contribution in [0.2, 0.25) is 0 Å². The Morgan fingerprint density at radius 3 is 1.81 bits per heavy atom. The average molecular weight is 308 g/mol. The molecule has 0 spiro atoms. The fourth-order valence-electron chi connectivity index (χ4n) is 1.08. The molecule has 0 heterocycles. The van der Waals surface area contributed by atoms with E-state index in [0.717, 1.165) is 6.92 Å². The summed E-state index contributed by atoms with van der Waals surface area (Å²) in [7, 11) is 0. The molecule has 122 valence electrons. The van der Waals surface area contributed by atoms with Crippen LogP contribution >= 0.6 is 0 Å². The van der Waals surface area contributed by atoms with Gasteiger partial charge in [-0.3, -0.25) is 19.2 Å². The number of hydrogen-bond donors (Lipinski definition) is 6. The Labute approximate surface area is 120 Å².